The fourth-order valence-corrected chi connectivity index (χ4v) is 2.97. The van der Waals surface area contributed by atoms with E-state index >= 15 is 0 Å². The highest BCUT2D eigenvalue weighted by molar-refractivity contribution is 6.08. The SMILES string of the molecule is COC(=O)c1cc(NC(=O)c2cccnc2N2CCOCC2)cc(C(=O)OC)c1. The van der Waals surface area contributed by atoms with Gasteiger partial charge in [0.15, 0.2) is 0 Å². The molecule has 2 aromatic rings. The molecule has 3 rings (SSSR count). The van der Waals surface area contributed by atoms with E-state index in [9.17, 15) is 14.4 Å². The number of morpholine rings is 1. The van der Waals surface area contributed by atoms with E-state index in [2.05, 4.69) is 10.3 Å². The van der Waals surface area contributed by atoms with Crippen molar-refractivity contribution in [1.82, 2.24) is 4.98 Å². The normalized spacial score (nSPS) is 13.5. The van der Waals surface area contributed by atoms with E-state index in [0.29, 0.717) is 37.7 Å². The number of carbonyl (C=O) groups excluding carboxylic acids is 3. The summed E-state index contributed by atoms with van der Waals surface area (Å²) in [5.74, 6) is -1.15. The van der Waals surface area contributed by atoms with Gasteiger partial charge in [0.25, 0.3) is 5.91 Å². The van der Waals surface area contributed by atoms with Crippen molar-refractivity contribution in [3.05, 3.63) is 53.2 Å². The van der Waals surface area contributed by atoms with Crippen LogP contribution in [0.25, 0.3) is 0 Å². The molecule has 0 atom stereocenters. The Morgan fingerprint density at radius 2 is 1.66 bits per heavy atom. The molecular formula is C20H21N3O6. The molecule has 0 aliphatic carbocycles. The van der Waals surface area contributed by atoms with Gasteiger partial charge in [-0.3, -0.25) is 4.79 Å². The van der Waals surface area contributed by atoms with E-state index in [0.717, 1.165) is 0 Å². The lowest BCUT2D eigenvalue weighted by Crippen LogP contribution is -2.38. The summed E-state index contributed by atoms with van der Waals surface area (Å²) in [6, 6.07) is 7.54. The Morgan fingerprint density at radius 3 is 2.24 bits per heavy atom. The van der Waals surface area contributed by atoms with Crippen LogP contribution in [0.5, 0.6) is 0 Å². The molecule has 2 heterocycles. The van der Waals surface area contributed by atoms with Crippen LogP contribution in [0, 0.1) is 0 Å². The summed E-state index contributed by atoms with van der Waals surface area (Å²) < 4.78 is 14.8. The molecule has 1 aliphatic heterocycles. The predicted molar refractivity (Wildman–Crippen MR) is 104 cm³/mol. The zero-order chi connectivity index (χ0) is 20.8. The Hall–Kier alpha value is -3.46. The minimum atomic E-state index is -0.637. The first-order valence-corrected chi connectivity index (χ1v) is 8.94. The Bertz CT molecular complexity index is 890. The molecule has 9 heteroatoms. The first-order valence-electron chi connectivity index (χ1n) is 8.94. The number of hydrogen-bond acceptors (Lipinski definition) is 8. The van der Waals surface area contributed by atoms with Gasteiger partial charge in [-0.1, -0.05) is 0 Å². The number of nitrogens with one attached hydrogen (secondary N) is 1. The maximum Gasteiger partial charge on any atom is 0.337 e. The summed E-state index contributed by atoms with van der Waals surface area (Å²) in [5, 5.41) is 2.72. The minimum Gasteiger partial charge on any atom is -0.465 e. The van der Waals surface area contributed by atoms with Crippen LogP contribution < -0.4 is 10.2 Å². The zero-order valence-corrected chi connectivity index (χ0v) is 16.1. The van der Waals surface area contributed by atoms with Crippen molar-refractivity contribution in [3.63, 3.8) is 0 Å². The first kappa shape index (κ1) is 20.3. The van der Waals surface area contributed by atoms with Crippen molar-refractivity contribution in [2.75, 3.05) is 50.7 Å². The standard InChI is InChI=1S/C20H21N3O6/c1-27-19(25)13-10-14(20(26)28-2)12-15(11-13)22-18(24)16-4-3-5-21-17(16)23-6-8-29-9-7-23/h3-5,10-12H,6-9H2,1-2H3,(H,22,24). The molecule has 1 aromatic heterocycles. The second kappa shape index (κ2) is 9.16. The van der Waals surface area contributed by atoms with Crippen LogP contribution in [0.1, 0.15) is 31.1 Å². The number of hydrogen-bond donors (Lipinski definition) is 1. The highest BCUT2D eigenvalue weighted by Crippen LogP contribution is 2.22. The monoisotopic (exact) mass is 399 g/mol. The molecule has 0 spiro atoms. The van der Waals surface area contributed by atoms with E-state index in [4.69, 9.17) is 14.2 Å². The number of rotatable bonds is 5. The molecule has 1 saturated heterocycles. The van der Waals surface area contributed by atoms with Crippen LogP contribution in [0.3, 0.4) is 0 Å². The molecule has 1 fully saturated rings. The predicted octanol–water partition coefficient (Wildman–Crippen LogP) is 1.74. The van der Waals surface area contributed by atoms with Crippen molar-refractivity contribution in [2.24, 2.45) is 0 Å². The maximum atomic E-state index is 12.9. The van der Waals surface area contributed by atoms with Crippen molar-refractivity contribution in [3.8, 4) is 0 Å². The number of anilines is 2. The fourth-order valence-electron chi connectivity index (χ4n) is 2.97. The highest BCUT2D eigenvalue weighted by atomic mass is 16.5. The van der Waals surface area contributed by atoms with E-state index in [-0.39, 0.29) is 16.8 Å². The summed E-state index contributed by atoms with van der Waals surface area (Å²) in [6.45, 7) is 2.37. The Labute approximate surface area is 167 Å². The largest absolute Gasteiger partial charge is 0.465 e. The maximum absolute atomic E-state index is 12.9. The molecule has 29 heavy (non-hydrogen) atoms. The van der Waals surface area contributed by atoms with Gasteiger partial charge in [-0.15, -0.1) is 0 Å². The molecule has 0 bridgehead atoms. The fraction of sp³-hybridized carbons (Fsp3) is 0.300. The quantitative estimate of drug-likeness (QED) is 0.758. The molecule has 0 radical (unpaired) electrons. The van der Waals surface area contributed by atoms with Crippen LogP contribution in [0.15, 0.2) is 36.5 Å². The molecular weight excluding hydrogens is 378 g/mol. The molecule has 1 aliphatic rings. The van der Waals surface area contributed by atoms with Gasteiger partial charge < -0.3 is 24.4 Å². The Morgan fingerprint density at radius 1 is 1.03 bits per heavy atom. The molecule has 1 aromatic carbocycles. The number of benzene rings is 1. The number of esters is 2. The van der Waals surface area contributed by atoms with E-state index < -0.39 is 17.8 Å². The zero-order valence-electron chi connectivity index (χ0n) is 16.1. The molecule has 9 nitrogen and oxygen atoms in total. The number of ether oxygens (including phenoxy) is 3. The number of pyridine rings is 1. The number of amides is 1. The lowest BCUT2D eigenvalue weighted by atomic mass is 10.1. The summed E-state index contributed by atoms with van der Waals surface area (Å²) in [7, 11) is 2.46. The molecule has 0 unspecified atom stereocenters. The highest BCUT2D eigenvalue weighted by Gasteiger charge is 2.21. The lowest BCUT2D eigenvalue weighted by molar-refractivity contribution is 0.0599. The minimum absolute atomic E-state index is 0.116. The Kier molecular flexibility index (Phi) is 6.40. The second-order valence-corrected chi connectivity index (χ2v) is 6.21. The van der Waals surface area contributed by atoms with Crippen LogP contribution in [-0.4, -0.2) is 63.4 Å². The topological polar surface area (TPSA) is 107 Å². The van der Waals surface area contributed by atoms with Crippen molar-refractivity contribution < 1.29 is 28.6 Å². The van der Waals surface area contributed by atoms with Gasteiger partial charge in [0.05, 0.1) is 44.1 Å². The summed E-state index contributed by atoms with van der Waals surface area (Å²) in [4.78, 5) is 43.1. The van der Waals surface area contributed by atoms with E-state index in [1.165, 1.54) is 32.4 Å². The van der Waals surface area contributed by atoms with Gasteiger partial charge in [0.2, 0.25) is 0 Å². The Balaban J connectivity index is 1.91. The third kappa shape index (κ3) is 4.69. The average Bonchev–Trinajstić information content (AvgIpc) is 2.78. The van der Waals surface area contributed by atoms with Crippen molar-refractivity contribution in [2.45, 2.75) is 0 Å². The summed E-state index contributed by atoms with van der Waals surface area (Å²) in [5.41, 5.74) is 0.864. The van der Waals surface area contributed by atoms with Gasteiger partial charge in [-0.2, -0.15) is 0 Å². The van der Waals surface area contributed by atoms with Crippen molar-refractivity contribution >= 4 is 29.4 Å². The van der Waals surface area contributed by atoms with Gasteiger partial charge >= 0.3 is 11.9 Å². The third-order valence-electron chi connectivity index (χ3n) is 4.38. The van der Waals surface area contributed by atoms with Gasteiger partial charge in [0, 0.05) is 25.0 Å². The first-order chi connectivity index (χ1) is 14.0. The van der Waals surface area contributed by atoms with Crippen LogP contribution in [0.4, 0.5) is 11.5 Å². The van der Waals surface area contributed by atoms with Crippen LogP contribution >= 0.6 is 0 Å². The summed E-state index contributed by atoms with van der Waals surface area (Å²) >= 11 is 0. The number of carbonyl (C=O) groups is 3. The number of aromatic nitrogens is 1. The van der Waals surface area contributed by atoms with Crippen LogP contribution in [-0.2, 0) is 14.2 Å². The molecule has 0 saturated carbocycles. The number of nitrogens with zero attached hydrogens (tertiary/aromatic N) is 2. The smallest absolute Gasteiger partial charge is 0.337 e. The lowest BCUT2D eigenvalue weighted by Gasteiger charge is -2.29. The van der Waals surface area contributed by atoms with E-state index in [1.54, 1.807) is 18.3 Å². The second-order valence-electron chi connectivity index (χ2n) is 6.21. The van der Waals surface area contributed by atoms with Gasteiger partial charge in [-0.05, 0) is 30.3 Å². The average molecular weight is 399 g/mol. The molecule has 1 amide bonds. The molecule has 152 valence electrons. The van der Waals surface area contributed by atoms with Crippen LogP contribution in [0.2, 0.25) is 0 Å². The number of methoxy groups -OCH3 is 2. The third-order valence-corrected chi connectivity index (χ3v) is 4.38. The van der Waals surface area contributed by atoms with Gasteiger partial charge in [0.1, 0.15) is 5.82 Å². The molecule has 1 N–H and O–H groups in total. The summed E-state index contributed by atoms with van der Waals surface area (Å²) in [6.07, 6.45) is 1.62. The van der Waals surface area contributed by atoms with Gasteiger partial charge in [-0.25, -0.2) is 14.6 Å². The van der Waals surface area contributed by atoms with Crippen molar-refractivity contribution in [1.29, 1.82) is 0 Å². The van der Waals surface area contributed by atoms with E-state index in [1.807, 2.05) is 4.90 Å².